The SMILES string of the molecule is CCN1/C(=C2/SC(=Nc3cccc(C(F)(F)F)c3)N(c3ccc(F)cc3)C2=O)Sc2ccc(Cl)cc21. The third-order valence-electron chi connectivity index (χ3n) is 5.44. The number of nitrogens with zero attached hydrogens (tertiary/aromatic N) is 3. The van der Waals surface area contributed by atoms with E-state index < -0.39 is 23.5 Å². The molecule has 3 aromatic carbocycles. The third kappa shape index (κ3) is 4.60. The lowest BCUT2D eigenvalue weighted by Gasteiger charge is -2.19. The largest absolute Gasteiger partial charge is 0.416 e. The summed E-state index contributed by atoms with van der Waals surface area (Å²) in [5, 5.41) is 1.40. The molecule has 3 aromatic rings. The standard InChI is InChI=1S/C25H16ClF4N3OS2/c1-2-32-19-13-15(26)6-11-20(19)35-23(32)21-22(34)33(18-9-7-16(27)8-10-18)24(36-21)31-17-5-3-4-14(12-17)25(28,29)30/h3-13H,2H2,1H3/b23-21-,31-24?. The van der Waals surface area contributed by atoms with Crippen molar-refractivity contribution >= 4 is 63.3 Å². The molecule has 0 radical (unpaired) electrons. The summed E-state index contributed by atoms with van der Waals surface area (Å²) >= 11 is 8.66. The second-order valence-electron chi connectivity index (χ2n) is 7.75. The van der Waals surface area contributed by atoms with Crippen LogP contribution < -0.4 is 9.80 Å². The first-order valence-corrected chi connectivity index (χ1v) is 12.7. The van der Waals surface area contributed by atoms with Crippen LogP contribution in [0.2, 0.25) is 5.02 Å². The molecule has 0 bridgehead atoms. The van der Waals surface area contributed by atoms with E-state index >= 15 is 0 Å². The van der Waals surface area contributed by atoms with Crippen LogP contribution in [0.3, 0.4) is 0 Å². The van der Waals surface area contributed by atoms with Crippen molar-refractivity contribution in [1.82, 2.24) is 0 Å². The predicted molar refractivity (Wildman–Crippen MR) is 137 cm³/mol. The molecule has 0 atom stereocenters. The van der Waals surface area contributed by atoms with E-state index in [1.165, 1.54) is 53.1 Å². The number of alkyl halides is 3. The van der Waals surface area contributed by atoms with E-state index in [1.54, 1.807) is 6.07 Å². The molecule has 2 heterocycles. The molecule has 4 nitrogen and oxygen atoms in total. The third-order valence-corrected chi connectivity index (χ3v) is 8.01. The van der Waals surface area contributed by atoms with Crippen molar-refractivity contribution in [2.75, 3.05) is 16.3 Å². The summed E-state index contributed by atoms with van der Waals surface area (Å²) in [5.74, 6) is -0.888. The second kappa shape index (κ2) is 9.49. The minimum atomic E-state index is -4.53. The summed E-state index contributed by atoms with van der Waals surface area (Å²) in [4.78, 5) is 22.7. The summed E-state index contributed by atoms with van der Waals surface area (Å²) in [7, 11) is 0. The maximum Gasteiger partial charge on any atom is 0.416 e. The topological polar surface area (TPSA) is 35.9 Å². The molecular weight excluding hydrogens is 534 g/mol. The number of benzene rings is 3. The van der Waals surface area contributed by atoms with E-state index in [4.69, 9.17) is 11.6 Å². The van der Waals surface area contributed by atoms with Gasteiger partial charge in [-0.1, -0.05) is 29.4 Å². The van der Waals surface area contributed by atoms with E-state index in [2.05, 4.69) is 4.99 Å². The van der Waals surface area contributed by atoms with E-state index in [0.29, 0.717) is 27.2 Å². The number of hydrogen-bond donors (Lipinski definition) is 0. The maximum atomic E-state index is 13.7. The average Bonchev–Trinajstić information content (AvgIpc) is 3.35. The van der Waals surface area contributed by atoms with E-state index in [1.807, 2.05) is 24.0 Å². The molecule has 0 N–H and O–H groups in total. The number of anilines is 2. The molecule has 0 saturated carbocycles. The van der Waals surface area contributed by atoms with Crippen molar-refractivity contribution in [3.63, 3.8) is 0 Å². The van der Waals surface area contributed by atoms with Gasteiger partial charge in [0.2, 0.25) is 0 Å². The minimum absolute atomic E-state index is 0.0416. The van der Waals surface area contributed by atoms with Crippen molar-refractivity contribution in [2.24, 2.45) is 4.99 Å². The Labute approximate surface area is 217 Å². The van der Waals surface area contributed by atoms with Crippen molar-refractivity contribution < 1.29 is 22.4 Å². The van der Waals surface area contributed by atoms with Crippen molar-refractivity contribution in [3.05, 3.63) is 93.1 Å². The van der Waals surface area contributed by atoms with Gasteiger partial charge < -0.3 is 4.90 Å². The van der Waals surface area contributed by atoms with Crippen LogP contribution in [0.4, 0.5) is 34.6 Å². The first-order chi connectivity index (χ1) is 17.2. The molecule has 2 aliphatic heterocycles. The zero-order chi connectivity index (χ0) is 25.6. The number of amidine groups is 1. The smallest absolute Gasteiger partial charge is 0.334 e. The Morgan fingerprint density at radius 1 is 1.00 bits per heavy atom. The van der Waals surface area contributed by atoms with E-state index in [-0.39, 0.29) is 10.9 Å². The molecular formula is C25H16ClF4N3OS2. The zero-order valence-corrected chi connectivity index (χ0v) is 20.9. The minimum Gasteiger partial charge on any atom is -0.334 e. The van der Waals surface area contributed by atoms with Crippen LogP contribution in [0.1, 0.15) is 12.5 Å². The number of hydrogen-bond acceptors (Lipinski definition) is 5. The van der Waals surface area contributed by atoms with Gasteiger partial charge in [0.25, 0.3) is 5.91 Å². The molecule has 2 aliphatic rings. The second-order valence-corrected chi connectivity index (χ2v) is 10.2. The Morgan fingerprint density at radius 2 is 1.75 bits per heavy atom. The fraction of sp³-hybridized carbons (Fsp3) is 0.120. The van der Waals surface area contributed by atoms with Gasteiger partial charge in [-0.25, -0.2) is 9.38 Å². The Balaban J connectivity index is 1.63. The fourth-order valence-corrected chi connectivity index (χ4v) is 6.34. The van der Waals surface area contributed by atoms with Crippen LogP contribution in [0.5, 0.6) is 0 Å². The van der Waals surface area contributed by atoms with Crippen LogP contribution in [0, 0.1) is 5.82 Å². The highest BCUT2D eigenvalue weighted by molar-refractivity contribution is 8.20. The van der Waals surface area contributed by atoms with Gasteiger partial charge in [-0.2, -0.15) is 13.2 Å². The zero-order valence-electron chi connectivity index (χ0n) is 18.5. The Bertz CT molecular complexity index is 1420. The number of aliphatic imine (C=N–C) groups is 1. The summed E-state index contributed by atoms with van der Waals surface area (Å²) in [5.41, 5.74) is 0.408. The van der Waals surface area contributed by atoms with Gasteiger partial charge in [0.1, 0.15) is 15.8 Å². The number of carbonyl (C=O) groups is 1. The summed E-state index contributed by atoms with van der Waals surface area (Å²) in [6, 6.07) is 15.3. The van der Waals surface area contributed by atoms with Gasteiger partial charge in [0.15, 0.2) is 5.17 Å². The molecule has 0 unspecified atom stereocenters. The lowest BCUT2D eigenvalue weighted by atomic mass is 10.2. The number of carbonyl (C=O) groups excluding carboxylic acids is 1. The summed E-state index contributed by atoms with van der Waals surface area (Å²) < 4.78 is 53.4. The Kier molecular flexibility index (Phi) is 6.52. The highest BCUT2D eigenvalue weighted by atomic mass is 35.5. The summed E-state index contributed by atoms with van der Waals surface area (Å²) in [6.07, 6.45) is -4.53. The molecule has 0 aromatic heterocycles. The van der Waals surface area contributed by atoms with Crippen molar-refractivity contribution in [3.8, 4) is 0 Å². The molecule has 11 heteroatoms. The van der Waals surface area contributed by atoms with Gasteiger partial charge in [-0.15, -0.1) is 0 Å². The lowest BCUT2D eigenvalue weighted by Crippen LogP contribution is -2.29. The van der Waals surface area contributed by atoms with Crippen molar-refractivity contribution in [1.29, 1.82) is 0 Å². The molecule has 0 spiro atoms. The molecule has 184 valence electrons. The molecule has 0 aliphatic carbocycles. The highest BCUT2D eigenvalue weighted by Crippen LogP contribution is 2.51. The van der Waals surface area contributed by atoms with Crippen LogP contribution in [0.15, 0.2) is 86.6 Å². The van der Waals surface area contributed by atoms with E-state index in [9.17, 15) is 22.4 Å². The van der Waals surface area contributed by atoms with Gasteiger partial charge >= 0.3 is 6.18 Å². The molecule has 5 rings (SSSR count). The van der Waals surface area contributed by atoms with Crippen LogP contribution in [0.25, 0.3) is 0 Å². The predicted octanol–water partition coefficient (Wildman–Crippen LogP) is 8.07. The van der Waals surface area contributed by atoms with Crippen LogP contribution in [-0.2, 0) is 11.0 Å². The normalized spacial score (nSPS) is 18.9. The van der Waals surface area contributed by atoms with Gasteiger partial charge in [-0.3, -0.25) is 9.69 Å². The van der Waals surface area contributed by atoms with Crippen molar-refractivity contribution in [2.45, 2.75) is 18.0 Å². The van der Waals surface area contributed by atoms with Crippen LogP contribution in [-0.4, -0.2) is 17.6 Å². The molecule has 1 saturated heterocycles. The monoisotopic (exact) mass is 549 g/mol. The van der Waals surface area contributed by atoms with Gasteiger partial charge in [0, 0.05) is 16.5 Å². The highest BCUT2D eigenvalue weighted by Gasteiger charge is 2.41. The quantitative estimate of drug-likeness (QED) is 0.244. The number of rotatable bonds is 3. The van der Waals surface area contributed by atoms with Gasteiger partial charge in [-0.05, 0) is 79.3 Å². The summed E-state index contributed by atoms with van der Waals surface area (Å²) in [6.45, 7) is 2.50. The number of fused-ring (bicyclic) bond motifs is 1. The molecule has 1 amide bonds. The Hall–Kier alpha value is -2.95. The number of amides is 1. The number of halogens is 5. The Morgan fingerprint density at radius 3 is 2.44 bits per heavy atom. The lowest BCUT2D eigenvalue weighted by molar-refractivity contribution is -0.137. The first kappa shape index (κ1) is 24.7. The maximum absolute atomic E-state index is 13.7. The van der Waals surface area contributed by atoms with Crippen LogP contribution >= 0.6 is 35.1 Å². The first-order valence-electron chi connectivity index (χ1n) is 10.7. The van der Waals surface area contributed by atoms with Gasteiger partial charge in [0.05, 0.1) is 22.6 Å². The number of thioether (sulfide) groups is 2. The molecule has 36 heavy (non-hydrogen) atoms. The average molecular weight is 550 g/mol. The van der Waals surface area contributed by atoms with E-state index in [0.717, 1.165) is 34.5 Å². The molecule has 1 fully saturated rings. The fourth-order valence-electron chi connectivity index (χ4n) is 3.80.